The summed E-state index contributed by atoms with van der Waals surface area (Å²) in [6.07, 6.45) is 0. The van der Waals surface area contributed by atoms with Gasteiger partial charge in [0.15, 0.2) is 0 Å². The Morgan fingerprint density at radius 2 is 2.06 bits per heavy atom. The predicted octanol–water partition coefficient (Wildman–Crippen LogP) is 1.08. The van der Waals surface area contributed by atoms with Crippen LogP contribution in [0.25, 0.3) is 0 Å². The fourth-order valence-electron chi connectivity index (χ4n) is 1.62. The van der Waals surface area contributed by atoms with Gasteiger partial charge in [0, 0.05) is 25.8 Å². The van der Waals surface area contributed by atoms with Crippen LogP contribution in [0.15, 0.2) is 24.3 Å². The highest BCUT2D eigenvalue weighted by atomic mass is 16.5. The van der Waals surface area contributed by atoms with Crippen molar-refractivity contribution in [2.24, 2.45) is 0 Å². The Morgan fingerprint density at radius 3 is 2.65 bits per heavy atom. The van der Waals surface area contributed by atoms with Gasteiger partial charge in [0.1, 0.15) is 0 Å². The molecule has 1 amide bonds. The number of hydrogen-bond donors (Lipinski definition) is 1. The second-order valence-electron chi connectivity index (χ2n) is 3.82. The second kappa shape index (κ2) is 7.04. The Morgan fingerprint density at radius 1 is 1.35 bits per heavy atom. The third kappa shape index (κ3) is 3.84. The van der Waals surface area contributed by atoms with Crippen LogP contribution in [0.4, 0.5) is 0 Å². The fraction of sp³-hybridized carbons (Fsp3) is 0.462. The van der Waals surface area contributed by atoms with Crippen LogP contribution in [0.2, 0.25) is 0 Å². The molecule has 0 bridgehead atoms. The molecule has 0 saturated heterocycles. The second-order valence-corrected chi connectivity index (χ2v) is 3.82. The molecule has 0 aromatic heterocycles. The molecule has 0 radical (unpaired) electrons. The van der Waals surface area contributed by atoms with Gasteiger partial charge in [-0.3, -0.25) is 4.79 Å². The van der Waals surface area contributed by atoms with Crippen molar-refractivity contribution in [2.45, 2.75) is 6.92 Å². The summed E-state index contributed by atoms with van der Waals surface area (Å²) in [7, 11) is 1.59. The predicted molar refractivity (Wildman–Crippen MR) is 66.0 cm³/mol. The van der Waals surface area contributed by atoms with Crippen LogP contribution in [-0.4, -0.2) is 49.3 Å². The van der Waals surface area contributed by atoms with E-state index in [1.165, 1.54) is 0 Å². The zero-order valence-corrected chi connectivity index (χ0v) is 10.3. The van der Waals surface area contributed by atoms with Crippen LogP contribution in [-0.2, 0) is 4.74 Å². The summed E-state index contributed by atoms with van der Waals surface area (Å²) in [4.78, 5) is 13.8. The first-order valence-electron chi connectivity index (χ1n) is 5.65. The maximum atomic E-state index is 12.2. The summed E-state index contributed by atoms with van der Waals surface area (Å²) in [5, 5.41) is 8.97. The van der Waals surface area contributed by atoms with E-state index in [2.05, 4.69) is 0 Å². The lowest BCUT2D eigenvalue weighted by atomic mass is 10.1. The molecule has 0 aliphatic rings. The molecule has 0 spiro atoms. The van der Waals surface area contributed by atoms with E-state index in [9.17, 15) is 4.79 Å². The minimum absolute atomic E-state index is 0.0403. The molecule has 17 heavy (non-hydrogen) atoms. The molecule has 0 unspecified atom stereocenters. The van der Waals surface area contributed by atoms with Crippen molar-refractivity contribution >= 4 is 5.91 Å². The van der Waals surface area contributed by atoms with Crippen LogP contribution in [0.3, 0.4) is 0 Å². The normalized spacial score (nSPS) is 10.3. The number of hydrogen-bond acceptors (Lipinski definition) is 3. The lowest BCUT2D eigenvalue weighted by Crippen LogP contribution is -2.36. The van der Waals surface area contributed by atoms with Gasteiger partial charge in [0.05, 0.1) is 13.2 Å². The topological polar surface area (TPSA) is 49.8 Å². The van der Waals surface area contributed by atoms with Crippen LogP contribution < -0.4 is 0 Å². The number of amides is 1. The molecule has 0 aliphatic carbocycles. The van der Waals surface area contributed by atoms with Crippen molar-refractivity contribution in [3.63, 3.8) is 0 Å². The fourth-order valence-corrected chi connectivity index (χ4v) is 1.62. The first-order chi connectivity index (χ1) is 8.20. The lowest BCUT2D eigenvalue weighted by molar-refractivity contribution is 0.0656. The first kappa shape index (κ1) is 13.7. The number of carbonyl (C=O) groups is 1. The van der Waals surface area contributed by atoms with Crippen LogP contribution in [0.1, 0.15) is 15.9 Å². The van der Waals surface area contributed by atoms with E-state index >= 15 is 0 Å². The third-order valence-corrected chi connectivity index (χ3v) is 2.60. The maximum Gasteiger partial charge on any atom is 0.254 e. The average Bonchev–Trinajstić information content (AvgIpc) is 2.34. The Kier molecular flexibility index (Phi) is 5.66. The van der Waals surface area contributed by atoms with E-state index < -0.39 is 0 Å². The number of rotatable bonds is 6. The molecule has 1 N–H and O–H groups in total. The smallest absolute Gasteiger partial charge is 0.254 e. The highest BCUT2D eigenvalue weighted by Gasteiger charge is 2.16. The van der Waals surface area contributed by atoms with Gasteiger partial charge in [-0.1, -0.05) is 18.2 Å². The number of methoxy groups -OCH3 is 1. The van der Waals surface area contributed by atoms with Crippen molar-refractivity contribution in [1.29, 1.82) is 0 Å². The van der Waals surface area contributed by atoms with E-state index in [0.717, 1.165) is 5.56 Å². The zero-order chi connectivity index (χ0) is 12.7. The molecule has 0 atom stereocenters. The highest BCUT2D eigenvalue weighted by molar-refractivity contribution is 5.95. The van der Waals surface area contributed by atoms with Gasteiger partial charge < -0.3 is 14.7 Å². The maximum absolute atomic E-state index is 12.2. The summed E-state index contributed by atoms with van der Waals surface area (Å²) >= 11 is 0. The highest BCUT2D eigenvalue weighted by Crippen LogP contribution is 2.10. The molecule has 1 aromatic rings. The molecule has 1 rings (SSSR count). The molecular weight excluding hydrogens is 218 g/mol. The van der Waals surface area contributed by atoms with Crippen molar-refractivity contribution in [1.82, 2.24) is 4.90 Å². The van der Waals surface area contributed by atoms with Gasteiger partial charge in [0.2, 0.25) is 0 Å². The van der Waals surface area contributed by atoms with Crippen molar-refractivity contribution in [3.8, 4) is 0 Å². The Hall–Kier alpha value is -1.39. The molecule has 4 nitrogen and oxygen atoms in total. The molecule has 1 aromatic carbocycles. The molecule has 0 saturated carbocycles. The lowest BCUT2D eigenvalue weighted by Gasteiger charge is -2.22. The van der Waals surface area contributed by atoms with Gasteiger partial charge >= 0.3 is 0 Å². The molecule has 0 aliphatic heterocycles. The summed E-state index contributed by atoms with van der Waals surface area (Å²) in [6.45, 7) is 3.15. The van der Waals surface area contributed by atoms with Gasteiger partial charge in [-0.25, -0.2) is 0 Å². The Bertz CT molecular complexity index is 365. The van der Waals surface area contributed by atoms with Crippen molar-refractivity contribution in [2.75, 3.05) is 33.4 Å². The molecule has 0 fully saturated rings. The molecular formula is C13H19NO3. The Balaban J connectivity index is 2.80. The number of nitrogens with zero attached hydrogens (tertiary/aromatic N) is 1. The largest absolute Gasteiger partial charge is 0.395 e. The van der Waals surface area contributed by atoms with Gasteiger partial charge in [-0.2, -0.15) is 0 Å². The van der Waals surface area contributed by atoms with Crippen LogP contribution in [0.5, 0.6) is 0 Å². The van der Waals surface area contributed by atoms with E-state index in [-0.39, 0.29) is 12.5 Å². The molecule has 4 heteroatoms. The quantitative estimate of drug-likeness (QED) is 0.805. The van der Waals surface area contributed by atoms with Crippen molar-refractivity contribution in [3.05, 3.63) is 35.4 Å². The number of aliphatic hydroxyl groups excluding tert-OH is 1. The Labute approximate surface area is 102 Å². The molecule has 0 heterocycles. The zero-order valence-electron chi connectivity index (χ0n) is 10.3. The van der Waals surface area contributed by atoms with E-state index in [0.29, 0.717) is 25.3 Å². The van der Waals surface area contributed by atoms with Crippen molar-refractivity contribution < 1.29 is 14.6 Å². The number of aliphatic hydroxyl groups is 1. The number of carbonyl (C=O) groups excluding carboxylic acids is 1. The summed E-state index contributed by atoms with van der Waals surface area (Å²) in [5.74, 6) is -0.0609. The van der Waals surface area contributed by atoms with Gasteiger partial charge in [-0.15, -0.1) is 0 Å². The SMILES string of the molecule is COCCN(CCO)C(=O)c1ccccc1C. The van der Waals surface area contributed by atoms with E-state index in [4.69, 9.17) is 9.84 Å². The molecule has 94 valence electrons. The first-order valence-corrected chi connectivity index (χ1v) is 5.65. The summed E-state index contributed by atoms with van der Waals surface area (Å²) < 4.78 is 4.96. The minimum Gasteiger partial charge on any atom is -0.395 e. The van der Waals surface area contributed by atoms with E-state index in [1.807, 2.05) is 25.1 Å². The minimum atomic E-state index is -0.0609. The number of ether oxygens (including phenoxy) is 1. The third-order valence-electron chi connectivity index (χ3n) is 2.60. The summed E-state index contributed by atoms with van der Waals surface area (Å²) in [5.41, 5.74) is 1.62. The van der Waals surface area contributed by atoms with Crippen LogP contribution >= 0.6 is 0 Å². The average molecular weight is 237 g/mol. The summed E-state index contributed by atoms with van der Waals surface area (Å²) in [6, 6.07) is 7.45. The number of benzene rings is 1. The van der Waals surface area contributed by atoms with Gasteiger partial charge in [0.25, 0.3) is 5.91 Å². The monoisotopic (exact) mass is 237 g/mol. The van der Waals surface area contributed by atoms with Crippen LogP contribution in [0, 0.1) is 6.92 Å². The standard InChI is InChI=1S/C13H19NO3/c1-11-5-3-4-6-12(11)13(16)14(7-9-15)8-10-17-2/h3-6,15H,7-10H2,1-2H3. The number of aryl methyl sites for hydroxylation is 1. The van der Waals surface area contributed by atoms with Gasteiger partial charge in [-0.05, 0) is 18.6 Å². The van der Waals surface area contributed by atoms with E-state index in [1.54, 1.807) is 18.1 Å².